The van der Waals surface area contributed by atoms with Gasteiger partial charge in [0.15, 0.2) is 6.04 Å². The Morgan fingerprint density at radius 1 is 1.17 bits per heavy atom. The minimum absolute atomic E-state index is 0.0663. The monoisotopic (exact) mass is 342 g/mol. The molecule has 0 fully saturated rings. The van der Waals surface area contributed by atoms with Crippen molar-refractivity contribution >= 4 is 28.4 Å². The van der Waals surface area contributed by atoms with Crippen molar-refractivity contribution in [3.05, 3.63) is 70.9 Å². The van der Waals surface area contributed by atoms with Crippen LogP contribution < -0.4 is 11.1 Å². The third kappa shape index (κ3) is 3.30. The van der Waals surface area contributed by atoms with Gasteiger partial charge in [-0.1, -0.05) is 48.0 Å². The minimum atomic E-state index is -0.313. The van der Waals surface area contributed by atoms with E-state index in [1.54, 1.807) is 0 Å². The molecule has 0 bridgehead atoms. The average molecular weight is 343 g/mol. The summed E-state index contributed by atoms with van der Waals surface area (Å²) in [5, 5.41) is 3.87. The zero-order valence-electron chi connectivity index (χ0n) is 13.5. The Kier molecular flexibility index (Phi) is 4.88. The van der Waals surface area contributed by atoms with Gasteiger partial charge in [0.25, 0.3) is 5.91 Å². The molecule has 5 N–H and O–H groups in total. The Balaban J connectivity index is 2.02. The summed E-state index contributed by atoms with van der Waals surface area (Å²) in [6.45, 7) is 2.51. The molecule has 0 saturated heterocycles. The van der Waals surface area contributed by atoms with Crippen molar-refractivity contribution < 1.29 is 10.1 Å². The largest absolute Gasteiger partial charge is 0.365 e. The molecule has 124 valence electrons. The Morgan fingerprint density at radius 2 is 1.88 bits per heavy atom. The number of aromatic nitrogens is 1. The van der Waals surface area contributed by atoms with Gasteiger partial charge in [-0.25, -0.2) is 0 Å². The highest BCUT2D eigenvalue weighted by molar-refractivity contribution is 6.31. The van der Waals surface area contributed by atoms with E-state index in [2.05, 4.69) is 17.1 Å². The van der Waals surface area contributed by atoms with Crippen LogP contribution in [0.15, 0.2) is 54.7 Å². The van der Waals surface area contributed by atoms with Gasteiger partial charge in [0.05, 0.1) is 12.5 Å². The number of fused-ring (bicyclic) bond motifs is 1. The second-order valence-corrected chi connectivity index (χ2v) is 6.43. The molecule has 0 unspecified atom stereocenters. The van der Waals surface area contributed by atoms with Crippen LogP contribution in [0, 0.1) is 0 Å². The number of quaternary nitrogens is 1. The number of aromatic amines is 1. The van der Waals surface area contributed by atoms with E-state index >= 15 is 0 Å². The van der Waals surface area contributed by atoms with E-state index in [4.69, 9.17) is 17.3 Å². The lowest BCUT2D eigenvalue weighted by atomic mass is 9.90. The van der Waals surface area contributed by atoms with Gasteiger partial charge in [0.2, 0.25) is 0 Å². The van der Waals surface area contributed by atoms with Crippen LogP contribution in [0.25, 0.3) is 10.9 Å². The fraction of sp³-hybridized carbons (Fsp3) is 0.211. The Bertz CT molecular complexity index is 858. The van der Waals surface area contributed by atoms with Crippen LogP contribution in [0.4, 0.5) is 0 Å². The summed E-state index contributed by atoms with van der Waals surface area (Å²) in [6.07, 6.45) is 2.03. The molecule has 4 nitrogen and oxygen atoms in total. The normalized spacial score (nSPS) is 13.8. The van der Waals surface area contributed by atoms with Gasteiger partial charge in [-0.2, -0.15) is 0 Å². The number of nitrogens with one attached hydrogen (secondary N) is 1. The standard InChI is InChI=1S/C19H20ClN3O/c1-12(19(21)24)22-10-15(13-6-2-4-8-17(13)20)16-11-23-18-9-5-3-7-14(16)18/h2-9,11-12,15,22-23H,10H2,1H3,(H2,21,24)/p+1/t12-,15-/m0/s1. The molecular weight excluding hydrogens is 322 g/mol. The number of amides is 1. The molecule has 2 atom stereocenters. The van der Waals surface area contributed by atoms with E-state index in [-0.39, 0.29) is 17.9 Å². The number of H-pyrrole nitrogens is 1. The first-order valence-corrected chi connectivity index (χ1v) is 8.39. The summed E-state index contributed by atoms with van der Waals surface area (Å²) in [4.78, 5) is 14.7. The summed E-state index contributed by atoms with van der Waals surface area (Å²) >= 11 is 6.45. The average Bonchev–Trinajstić information content (AvgIpc) is 3.00. The second-order valence-electron chi connectivity index (χ2n) is 6.03. The molecule has 1 amide bonds. The molecule has 0 saturated carbocycles. The first kappa shape index (κ1) is 16.6. The Hall–Kier alpha value is -2.30. The molecule has 1 aromatic heterocycles. The van der Waals surface area contributed by atoms with Crippen molar-refractivity contribution in [3.63, 3.8) is 0 Å². The van der Waals surface area contributed by atoms with E-state index in [1.165, 1.54) is 10.9 Å². The number of halogens is 1. The number of rotatable bonds is 6. The van der Waals surface area contributed by atoms with Crippen LogP contribution in [0.2, 0.25) is 5.02 Å². The third-order valence-electron chi connectivity index (χ3n) is 4.45. The van der Waals surface area contributed by atoms with Crippen molar-refractivity contribution in [2.24, 2.45) is 5.73 Å². The van der Waals surface area contributed by atoms with Gasteiger partial charge in [-0.3, -0.25) is 4.79 Å². The quantitative estimate of drug-likeness (QED) is 0.632. The fourth-order valence-electron chi connectivity index (χ4n) is 3.02. The number of carbonyl (C=O) groups is 1. The van der Waals surface area contributed by atoms with Crippen molar-refractivity contribution in [2.75, 3.05) is 6.54 Å². The van der Waals surface area contributed by atoms with Crippen LogP contribution in [-0.4, -0.2) is 23.5 Å². The van der Waals surface area contributed by atoms with E-state index in [9.17, 15) is 4.79 Å². The van der Waals surface area contributed by atoms with Crippen molar-refractivity contribution in [1.29, 1.82) is 0 Å². The van der Waals surface area contributed by atoms with Gasteiger partial charge in [0.1, 0.15) is 0 Å². The fourth-order valence-corrected chi connectivity index (χ4v) is 3.29. The molecule has 24 heavy (non-hydrogen) atoms. The predicted molar refractivity (Wildman–Crippen MR) is 97.0 cm³/mol. The van der Waals surface area contributed by atoms with Crippen LogP contribution in [0.5, 0.6) is 0 Å². The minimum Gasteiger partial charge on any atom is -0.365 e. The molecule has 1 heterocycles. The van der Waals surface area contributed by atoms with Gasteiger partial charge < -0.3 is 16.0 Å². The maximum absolute atomic E-state index is 11.4. The number of hydrogen-bond donors (Lipinski definition) is 3. The molecule has 2 aromatic carbocycles. The lowest BCUT2D eigenvalue weighted by Crippen LogP contribution is -2.92. The van der Waals surface area contributed by atoms with Crippen molar-refractivity contribution in [2.45, 2.75) is 18.9 Å². The van der Waals surface area contributed by atoms with Crippen molar-refractivity contribution in [1.82, 2.24) is 4.98 Å². The summed E-state index contributed by atoms with van der Waals surface area (Å²) < 4.78 is 0. The second kappa shape index (κ2) is 7.07. The number of primary amides is 1. The zero-order valence-corrected chi connectivity index (χ0v) is 14.3. The molecular formula is C19H21ClN3O+. The van der Waals surface area contributed by atoms with E-state index in [0.717, 1.165) is 16.1 Å². The molecule has 0 aliphatic carbocycles. The van der Waals surface area contributed by atoms with Gasteiger partial charge in [0, 0.05) is 22.1 Å². The van der Waals surface area contributed by atoms with Crippen LogP contribution in [0.1, 0.15) is 24.0 Å². The number of hydrogen-bond acceptors (Lipinski definition) is 1. The van der Waals surface area contributed by atoms with Crippen LogP contribution in [0.3, 0.4) is 0 Å². The first-order valence-electron chi connectivity index (χ1n) is 8.01. The van der Waals surface area contributed by atoms with Gasteiger partial charge >= 0.3 is 0 Å². The number of carbonyl (C=O) groups excluding carboxylic acids is 1. The molecule has 0 aliphatic rings. The van der Waals surface area contributed by atoms with Crippen LogP contribution in [-0.2, 0) is 4.79 Å². The van der Waals surface area contributed by atoms with Crippen molar-refractivity contribution in [3.8, 4) is 0 Å². The predicted octanol–water partition coefficient (Wildman–Crippen LogP) is 2.39. The van der Waals surface area contributed by atoms with E-state index < -0.39 is 0 Å². The summed E-state index contributed by atoms with van der Waals surface area (Å²) in [6, 6.07) is 15.8. The number of para-hydroxylation sites is 1. The van der Waals surface area contributed by atoms with E-state index in [1.807, 2.05) is 54.8 Å². The maximum atomic E-state index is 11.4. The molecule has 0 aliphatic heterocycles. The highest BCUT2D eigenvalue weighted by Gasteiger charge is 2.24. The molecule has 3 rings (SSSR count). The van der Waals surface area contributed by atoms with Gasteiger partial charge in [-0.05, 0) is 30.2 Å². The SMILES string of the molecule is C[C@H]([NH2+]C[C@@H](c1ccccc1Cl)c1c[nH]c2ccccc12)C(N)=O. The Morgan fingerprint density at radius 3 is 2.62 bits per heavy atom. The summed E-state index contributed by atoms with van der Waals surface area (Å²) in [5.74, 6) is -0.247. The third-order valence-corrected chi connectivity index (χ3v) is 4.80. The summed E-state index contributed by atoms with van der Waals surface area (Å²) in [5.41, 5.74) is 8.71. The molecule has 0 spiro atoms. The van der Waals surface area contributed by atoms with Gasteiger partial charge in [-0.15, -0.1) is 0 Å². The maximum Gasteiger partial charge on any atom is 0.275 e. The lowest BCUT2D eigenvalue weighted by Gasteiger charge is -2.19. The smallest absolute Gasteiger partial charge is 0.275 e. The number of nitrogens with two attached hydrogens (primary N) is 2. The molecule has 0 radical (unpaired) electrons. The number of benzene rings is 2. The topological polar surface area (TPSA) is 75.5 Å². The summed E-state index contributed by atoms with van der Waals surface area (Å²) in [7, 11) is 0. The van der Waals surface area contributed by atoms with E-state index in [0.29, 0.717) is 6.54 Å². The first-order chi connectivity index (χ1) is 11.6. The highest BCUT2D eigenvalue weighted by atomic mass is 35.5. The molecule has 3 aromatic rings. The Labute approximate surface area is 146 Å². The zero-order chi connectivity index (χ0) is 17.1. The van der Waals surface area contributed by atoms with Crippen LogP contribution >= 0.6 is 11.6 Å². The highest BCUT2D eigenvalue weighted by Crippen LogP contribution is 2.33. The molecule has 5 heteroatoms. The lowest BCUT2D eigenvalue weighted by molar-refractivity contribution is -0.674.